The van der Waals surface area contributed by atoms with E-state index in [0.717, 1.165) is 22.2 Å². The van der Waals surface area contributed by atoms with Crippen LogP contribution in [0, 0.1) is 0 Å². The molecule has 18 heavy (non-hydrogen) atoms. The molecule has 2 N–H and O–H groups in total. The summed E-state index contributed by atoms with van der Waals surface area (Å²) in [4.78, 5) is 11.7. The molecule has 90 valence electrons. The fourth-order valence-electron chi connectivity index (χ4n) is 1.97. The van der Waals surface area contributed by atoms with Gasteiger partial charge in [-0.1, -0.05) is 23.7 Å². The summed E-state index contributed by atoms with van der Waals surface area (Å²) >= 11 is 6.19. The van der Waals surface area contributed by atoms with E-state index in [4.69, 9.17) is 11.6 Å². The molecule has 5 heteroatoms. The smallest absolute Gasteiger partial charge is 0.223 e. The van der Waals surface area contributed by atoms with Gasteiger partial charge in [0.15, 0.2) is 0 Å². The summed E-state index contributed by atoms with van der Waals surface area (Å²) in [7, 11) is 1.78. The van der Waals surface area contributed by atoms with Gasteiger partial charge in [-0.2, -0.15) is 0 Å². The summed E-state index contributed by atoms with van der Waals surface area (Å²) in [6.07, 6.45) is 3.52. The number of benzene rings is 1. The second-order valence-electron chi connectivity index (χ2n) is 3.88. The maximum atomic E-state index is 6.19. The number of H-pyrrole nitrogens is 1. The van der Waals surface area contributed by atoms with Gasteiger partial charge in [0.1, 0.15) is 0 Å². The van der Waals surface area contributed by atoms with Crippen molar-refractivity contribution >= 4 is 28.5 Å². The standard InChI is InChI=1S/C13H11ClN4/c1-15-13-17-7-10(14)12(18-13)9-3-2-4-11-8(9)5-6-16-11/h2-7,16H,1H3,(H,15,17,18). The van der Waals surface area contributed by atoms with Gasteiger partial charge in [-0.3, -0.25) is 0 Å². The lowest BCUT2D eigenvalue weighted by molar-refractivity contribution is 1.16. The van der Waals surface area contributed by atoms with Gasteiger partial charge >= 0.3 is 0 Å². The van der Waals surface area contributed by atoms with E-state index in [1.807, 2.05) is 30.5 Å². The van der Waals surface area contributed by atoms with Crippen molar-refractivity contribution in [3.63, 3.8) is 0 Å². The Labute approximate surface area is 109 Å². The third-order valence-corrected chi connectivity index (χ3v) is 3.09. The number of rotatable bonds is 2. The molecule has 0 aliphatic heterocycles. The monoisotopic (exact) mass is 258 g/mol. The summed E-state index contributed by atoms with van der Waals surface area (Å²) in [5, 5.41) is 4.56. The van der Waals surface area contributed by atoms with Gasteiger partial charge in [0, 0.05) is 29.7 Å². The van der Waals surface area contributed by atoms with Gasteiger partial charge in [0.2, 0.25) is 5.95 Å². The first kappa shape index (κ1) is 11.0. The Morgan fingerprint density at radius 2 is 2.17 bits per heavy atom. The Balaban J connectivity index is 2.28. The molecule has 2 heterocycles. The lowest BCUT2D eigenvalue weighted by Gasteiger charge is -2.07. The van der Waals surface area contributed by atoms with Crippen LogP contribution >= 0.6 is 11.6 Å². The van der Waals surface area contributed by atoms with Crippen LogP contribution in [0.3, 0.4) is 0 Å². The van der Waals surface area contributed by atoms with Gasteiger partial charge in [-0.25, -0.2) is 9.97 Å². The van der Waals surface area contributed by atoms with Crippen LogP contribution in [0.2, 0.25) is 5.02 Å². The maximum absolute atomic E-state index is 6.19. The first-order chi connectivity index (χ1) is 8.79. The zero-order chi connectivity index (χ0) is 12.5. The predicted octanol–water partition coefficient (Wildman–Crippen LogP) is 3.32. The zero-order valence-electron chi connectivity index (χ0n) is 9.74. The number of nitrogens with zero attached hydrogens (tertiary/aromatic N) is 2. The molecule has 0 radical (unpaired) electrons. The topological polar surface area (TPSA) is 53.6 Å². The lowest BCUT2D eigenvalue weighted by atomic mass is 10.1. The minimum atomic E-state index is 0.544. The van der Waals surface area contributed by atoms with Crippen molar-refractivity contribution in [3.05, 3.63) is 41.7 Å². The molecule has 1 aromatic carbocycles. The normalized spacial score (nSPS) is 10.8. The van der Waals surface area contributed by atoms with Crippen LogP contribution in [0.5, 0.6) is 0 Å². The molecule has 0 saturated carbocycles. The van der Waals surface area contributed by atoms with Gasteiger partial charge in [-0.15, -0.1) is 0 Å². The van der Waals surface area contributed by atoms with E-state index in [0.29, 0.717) is 11.0 Å². The van der Waals surface area contributed by atoms with Crippen LogP contribution in [0.25, 0.3) is 22.2 Å². The molecule has 4 nitrogen and oxygen atoms in total. The second-order valence-corrected chi connectivity index (χ2v) is 4.29. The van der Waals surface area contributed by atoms with E-state index in [-0.39, 0.29) is 0 Å². The third-order valence-electron chi connectivity index (χ3n) is 2.82. The fourth-order valence-corrected chi connectivity index (χ4v) is 2.16. The lowest BCUT2D eigenvalue weighted by Crippen LogP contribution is -1.97. The molecule has 0 unspecified atom stereocenters. The van der Waals surface area contributed by atoms with Crippen LogP contribution in [0.15, 0.2) is 36.7 Å². The Hall–Kier alpha value is -2.07. The van der Waals surface area contributed by atoms with Gasteiger partial charge < -0.3 is 10.3 Å². The van der Waals surface area contributed by atoms with Gasteiger partial charge in [0.25, 0.3) is 0 Å². The highest BCUT2D eigenvalue weighted by atomic mass is 35.5. The minimum absolute atomic E-state index is 0.544. The van der Waals surface area contributed by atoms with Crippen LogP contribution < -0.4 is 5.32 Å². The summed E-state index contributed by atoms with van der Waals surface area (Å²) in [5.74, 6) is 0.557. The molecule has 0 aliphatic carbocycles. The summed E-state index contributed by atoms with van der Waals surface area (Å²) in [6.45, 7) is 0. The van der Waals surface area contributed by atoms with Crippen molar-refractivity contribution in [2.75, 3.05) is 12.4 Å². The van der Waals surface area contributed by atoms with E-state index in [1.165, 1.54) is 0 Å². The average Bonchev–Trinajstić information content (AvgIpc) is 2.87. The summed E-state index contributed by atoms with van der Waals surface area (Å²) in [5.41, 5.74) is 2.80. The number of hydrogen-bond acceptors (Lipinski definition) is 3. The van der Waals surface area contributed by atoms with Crippen LogP contribution in [-0.4, -0.2) is 22.0 Å². The SMILES string of the molecule is CNc1ncc(Cl)c(-c2cccc3[nH]ccc23)n1. The van der Waals surface area contributed by atoms with Crippen molar-refractivity contribution < 1.29 is 0 Å². The quantitative estimate of drug-likeness (QED) is 0.741. The molecule has 0 fully saturated rings. The van der Waals surface area contributed by atoms with Crippen LogP contribution in [-0.2, 0) is 0 Å². The summed E-state index contributed by atoms with van der Waals surface area (Å²) in [6, 6.07) is 8.02. The Morgan fingerprint density at radius 3 is 3.00 bits per heavy atom. The first-order valence-electron chi connectivity index (χ1n) is 5.56. The van der Waals surface area contributed by atoms with E-state index in [1.54, 1.807) is 13.2 Å². The third kappa shape index (κ3) is 1.71. The van der Waals surface area contributed by atoms with Crippen molar-refractivity contribution in [1.29, 1.82) is 0 Å². The molecule has 0 bridgehead atoms. The highest BCUT2D eigenvalue weighted by Gasteiger charge is 2.11. The average molecular weight is 259 g/mol. The van der Waals surface area contributed by atoms with E-state index >= 15 is 0 Å². The number of nitrogens with one attached hydrogen (secondary N) is 2. The predicted molar refractivity (Wildman–Crippen MR) is 73.9 cm³/mol. The van der Waals surface area contributed by atoms with Crippen molar-refractivity contribution in [2.45, 2.75) is 0 Å². The Morgan fingerprint density at radius 1 is 1.28 bits per heavy atom. The number of hydrogen-bond donors (Lipinski definition) is 2. The number of fused-ring (bicyclic) bond motifs is 1. The molecule has 0 atom stereocenters. The molecule has 0 aliphatic rings. The molecule has 0 amide bonds. The largest absolute Gasteiger partial charge is 0.361 e. The van der Waals surface area contributed by atoms with Crippen LogP contribution in [0.4, 0.5) is 5.95 Å². The van der Waals surface area contributed by atoms with Gasteiger partial charge in [0.05, 0.1) is 16.9 Å². The molecule has 3 rings (SSSR count). The van der Waals surface area contributed by atoms with Gasteiger partial charge in [-0.05, 0) is 12.1 Å². The molecule has 3 aromatic rings. The molecule has 2 aromatic heterocycles. The number of halogens is 1. The maximum Gasteiger partial charge on any atom is 0.223 e. The zero-order valence-corrected chi connectivity index (χ0v) is 10.5. The second kappa shape index (κ2) is 4.31. The highest BCUT2D eigenvalue weighted by Crippen LogP contribution is 2.31. The van der Waals surface area contributed by atoms with E-state index < -0.39 is 0 Å². The molecule has 0 spiro atoms. The summed E-state index contributed by atoms with van der Waals surface area (Å²) < 4.78 is 0. The van der Waals surface area contributed by atoms with E-state index in [9.17, 15) is 0 Å². The number of anilines is 1. The highest BCUT2D eigenvalue weighted by molar-refractivity contribution is 6.33. The van der Waals surface area contributed by atoms with Crippen molar-refractivity contribution in [1.82, 2.24) is 15.0 Å². The fraction of sp³-hybridized carbons (Fsp3) is 0.0769. The minimum Gasteiger partial charge on any atom is -0.361 e. The first-order valence-corrected chi connectivity index (χ1v) is 5.94. The van der Waals surface area contributed by atoms with E-state index in [2.05, 4.69) is 20.3 Å². The van der Waals surface area contributed by atoms with Crippen LogP contribution in [0.1, 0.15) is 0 Å². The Bertz CT molecular complexity index is 705. The number of aromatic amines is 1. The molecule has 0 saturated heterocycles. The number of aromatic nitrogens is 3. The molecular weight excluding hydrogens is 248 g/mol. The molecular formula is C13H11ClN4. The van der Waals surface area contributed by atoms with Crippen molar-refractivity contribution in [3.8, 4) is 11.3 Å². The van der Waals surface area contributed by atoms with Crippen molar-refractivity contribution in [2.24, 2.45) is 0 Å². The Kier molecular flexibility index (Phi) is 2.64.